The smallest absolute Gasteiger partial charge is 0.325 e. The minimum atomic E-state index is -4.60. The van der Waals surface area contributed by atoms with Gasteiger partial charge in [-0.3, -0.25) is 4.79 Å². The molecule has 0 heterocycles. The summed E-state index contributed by atoms with van der Waals surface area (Å²) in [4.78, 5) is 13.0. The van der Waals surface area contributed by atoms with Crippen molar-refractivity contribution in [2.45, 2.75) is 12.7 Å². The van der Waals surface area contributed by atoms with E-state index in [0.29, 0.717) is 16.0 Å². The van der Waals surface area contributed by atoms with Gasteiger partial charge in [-0.15, -0.1) is 0 Å². The van der Waals surface area contributed by atoms with Crippen LogP contribution in [0.3, 0.4) is 0 Å². The van der Waals surface area contributed by atoms with Gasteiger partial charge in [-0.05, 0) is 35.9 Å². The van der Waals surface area contributed by atoms with E-state index in [4.69, 9.17) is 5.26 Å². The lowest BCUT2D eigenvalue weighted by atomic mass is 10.1. The number of rotatable bonds is 4. The molecule has 2 aromatic rings. The number of halogens is 5. The zero-order chi connectivity index (χ0) is 18.6. The Bertz CT molecular complexity index is 793. The van der Waals surface area contributed by atoms with Crippen LogP contribution >= 0.6 is 15.9 Å². The molecule has 8 heteroatoms. The molecule has 0 fully saturated rings. The molecule has 0 aromatic heterocycles. The van der Waals surface area contributed by atoms with E-state index < -0.39 is 24.4 Å². The Morgan fingerprint density at radius 3 is 2.32 bits per heavy atom. The molecular formula is C17H11BrF4N2O. The standard InChI is InChI=1S/C17H11BrF4N2O/c18-14-5-13(6-15(19)7-14)16(25)24(10-17(20,21)22)9-12-3-1-11(8-23)2-4-12/h1-7H,9-10H2. The number of carbonyl (C=O) groups is 1. The van der Waals surface area contributed by atoms with E-state index in [2.05, 4.69) is 15.9 Å². The SMILES string of the molecule is N#Cc1ccc(CN(CC(F)(F)F)C(=O)c2cc(F)cc(Br)c2)cc1. The molecule has 0 saturated carbocycles. The Labute approximate surface area is 149 Å². The predicted molar refractivity (Wildman–Crippen MR) is 86.1 cm³/mol. The first-order valence-corrected chi connectivity index (χ1v) is 7.78. The molecule has 3 nitrogen and oxygen atoms in total. The molecule has 0 aliphatic heterocycles. The van der Waals surface area contributed by atoms with Gasteiger partial charge >= 0.3 is 6.18 Å². The average molecular weight is 415 g/mol. The van der Waals surface area contributed by atoms with E-state index in [1.807, 2.05) is 6.07 Å². The summed E-state index contributed by atoms with van der Waals surface area (Å²) in [7, 11) is 0. The van der Waals surface area contributed by atoms with Crippen molar-refractivity contribution in [1.29, 1.82) is 5.26 Å². The highest BCUT2D eigenvalue weighted by Crippen LogP contribution is 2.22. The quantitative estimate of drug-likeness (QED) is 0.682. The van der Waals surface area contributed by atoms with Crippen LogP contribution in [0.2, 0.25) is 0 Å². The zero-order valence-corrected chi connectivity index (χ0v) is 14.2. The number of nitriles is 1. The fourth-order valence-electron chi connectivity index (χ4n) is 2.18. The van der Waals surface area contributed by atoms with Gasteiger partial charge in [-0.1, -0.05) is 28.1 Å². The van der Waals surface area contributed by atoms with Crippen molar-refractivity contribution in [2.75, 3.05) is 6.54 Å². The molecule has 0 atom stereocenters. The average Bonchev–Trinajstić information content (AvgIpc) is 2.52. The Hall–Kier alpha value is -2.40. The lowest BCUT2D eigenvalue weighted by molar-refractivity contribution is -0.141. The van der Waals surface area contributed by atoms with Crippen molar-refractivity contribution in [1.82, 2.24) is 4.90 Å². The van der Waals surface area contributed by atoms with Crippen LogP contribution in [0.4, 0.5) is 17.6 Å². The van der Waals surface area contributed by atoms with E-state index >= 15 is 0 Å². The monoisotopic (exact) mass is 414 g/mol. The van der Waals surface area contributed by atoms with Gasteiger partial charge in [0.25, 0.3) is 5.91 Å². The van der Waals surface area contributed by atoms with Crippen LogP contribution in [0.1, 0.15) is 21.5 Å². The van der Waals surface area contributed by atoms with Crippen LogP contribution in [0.5, 0.6) is 0 Å². The van der Waals surface area contributed by atoms with Crippen molar-refractivity contribution in [2.24, 2.45) is 0 Å². The summed E-state index contributed by atoms with van der Waals surface area (Å²) in [5.74, 6) is -1.68. The van der Waals surface area contributed by atoms with Crippen molar-refractivity contribution >= 4 is 21.8 Å². The first kappa shape index (κ1) is 18.9. The third-order valence-corrected chi connectivity index (χ3v) is 3.68. The largest absolute Gasteiger partial charge is 0.406 e. The molecule has 0 bridgehead atoms. The highest BCUT2D eigenvalue weighted by molar-refractivity contribution is 9.10. The van der Waals surface area contributed by atoms with Gasteiger partial charge < -0.3 is 4.90 Å². The summed E-state index contributed by atoms with van der Waals surface area (Å²) in [6.45, 7) is -1.79. The maximum absolute atomic E-state index is 13.4. The molecule has 0 saturated heterocycles. The van der Waals surface area contributed by atoms with E-state index in [0.717, 1.165) is 12.1 Å². The number of hydrogen-bond donors (Lipinski definition) is 0. The van der Waals surface area contributed by atoms with Crippen LogP contribution in [0.25, 0.3) is 0 Å². The minimum Gasteiger partial charge on any atom is -0.325 e. The van der Waals surface area contributed by atoms with Gasteiger partial charge in [0.2, 0.25) is 0 Å². The molecule has 0 aliphatic carbocycles. The molecule has 25 heavy (non-hydrogen) atoms. The molecule has 0 N–H and O–H groups in total. The van der Waals surface area contributed by atoms with Crippen LogP contribution in [-0.4, -0.2) is 23.5 Å². The molecule has 0 spiro atoms. The maximum Gasteiger partial charge on any atom is 0.406 e. The number of alkyl halides is 3. The number of carbonyl (C=O) groups excluding carboxylic acids is 1. The van der Waals surface area contributed by atoms with Gasteiger partial charge in [-0.2, -0.15) is 18.4 Å². The summed E-state index contributed by atoms with van der Waals surface area (Å²) in [6.07, 6.45) is -4.60. The topological polar surface area (TPSA) is 44.1 Å². The minimum absolute atomic E-state index is 0.190. The van der Waals surface area contributed by atoms with Gasteiger partial charge in [0.1, 0.15) is 12.4 Å². The molecule has 0 aliphatic rings. The fraction of sp³-hybridized carbons (Fsp3) is 0.176. The van der Waals surface area contributed by atoms with E-state index in [1.165, 1.54) is 30.3 Å². The van der Waals surface area contributed by atoms with Gasteiger partial charge in [0.15, 0.2) is 0 Å². The molecular weight excluding hydrogens is 404 g/mol. The first-order valence-electron chi connectivity index (χ1n) is 6.99. The lowest BCUT2D eigenvalue weighted by Crippen LogP contribution is -2.38. The lowest BCUT2D eigenvalue weighted by Gasteiger charge is -2.24. The number of nitrogens with zero attached hydrogens (tertiary/aromatic N) is 2. The summed E-state index contributed by atoms with van der Waals surface area (Å²) in [5, 5.41) is 8.75. The number of hydrogen-bond acceptors (Lipinski definition) is 2. The van der Waals surface area contributed by atoms with Crippen LogP contribution in [-0.2, 0) is 6.54 Å². The Morgan fingerprint density at radius 1 is 1.16 bits per heavy atom. The molecule has 130 valence electrons. The molecule has 2 aromatic carbocycles. The van der Waals surface area contributed by atoms with E-state index in [1.54, 1.807) is 0 Å². The highest BCUT2D eigenvalue weighted by Gasteiger charge is 2.33. The Balaban J connectivity index is 2.31. The molecule has 0 radical (unpaired) electrons. The normalized spacial score (nSPS) is 11.0. The third-order valence-electron chi connectivity index (χ3n) is 3.22. The predicted octanol–water partition coefficient (Wildman–Crippen LogP) is 4.66. The molecule has 0 unspecified atom stereocenters. The van der Waals surface area contributed by atoms with E-state index in [-0.39, 0.29) is 16.6 Å². The second-order valence-electron chi connectivity index (χ2n) is 5.24. The fourth-order valence-corrected chi connectivity index (χ4v) is 2.65. The zero-order valence-electron chi connectivity index (χ0n) is 12.6. The number of benzene rings is 2. The summed E-state index contributed by atoms with van der Waals surface area (Å²) in [5.41, 5.74) is 0.586. The Morgan fingerprint density at radius 2 is 1.80 bits per heavy atom. The second kappa shape index (κ2) is 7.66. The summed E-state index contributed by atoms with van der Waals surface area (Å²) < 4.78 is 52.2. The van der Waals surface area contributed by atoms with Crippen molar-refractivity contribution in [3.8, 4) is 6.07 Å². The van der Waals surface area contributed by atoms with Crippen molar-refractivity contribution in [3.63, 3.8) is 0 Å². The van der Waals surface area contributed by atoms with Crippen LogP contribution in [0.15, 0.2) is 46.9 Å². The number of amides is 1. The Kier molecular flexibility index (Phi) is 5.80. The van der Waals surface area contributed by atoms with Gasteiger partial charge in [0, 0.05) is 16.6 Å². The molecule has 1 amide bonds. The van der Waals surface area contributed by atoms with Gasteiger partial charge in [0.05, 0.1) is 11.6 Å². The van der Waals surface area contributed by atoms with Crippen molar-refractivity contribution in [3.05, 3.63) is 69.4 Å². The maximum atomic E-state index is 13.4. The second-order valence-corrected chi connectivity index (χ2v) is 6.16. The van der Waals surface area contributed by atoms with Crippen molar-refractivity contribution < 1.29 is 22.4 Å². The summed E-state index contributed by atoms with van der Waals surface area (Å²) >= 11 is 3.01. The third kappa shape index (κ3) is 5.57. The first-order chi connectivity index (χ1) is 11.7. The van der Waals surface area contributed by atoms with Gasteiger partial charge in [-0.25, -0.2) is 4.39 Å². The van der Waals surface area contributed by atoms with E-state index in [9.17, 15) is 22.4 Å². The summed E-state index contributed by atoms with van der Waals surface area (Å²) in [6, 6.07) is 11.0. The highest BCUT2D eigenvalue weighted by atomic mass is 79.9. The molecule has 2 rings (SSSR count). The van der Waals surface area contributed by atoms with Crippen LogP contribution in [0, 0.1) is 17.1 Å². The van der Waals surface area contributed by atoms with Crippen LogP contribution < -0.4 is 0 Å².